The SMILES string of the molecule is CC(=O)N1CCc2c(sc3c2c(=O)n(Cc2ccccc2)c(=O)n3CC(=O)NC[C@H]2CCCO2)C1. The maximum absolute atomic E-state index is 13.6. The second-order valence-corrected chi connectivity index (χ2v) is 10.1. The van der Waals surface area contributed by atoms with Crippen molar-refractivity contribution in [3.63, 3.8) is 0 Å². The molecule has 9 nitrogen and oxygen atoms in total. The van der Waals surface area contributed by atoms with E-state index in [2.05, 4.69) is 5.32 Å². The Morgan fingerprint density at radius 2 is 1.97 bits per heavy atom. The first-order valence-corrected chi connectivity index (χ1v) is 12.7. The molecule has 3 aromatic rings. The fourth-order valence-electron chi connectivity index (χ4n) is 4.80. The molecular formula is C25H28N4O5S. The Bertz CT molecular complexity index is 1380. The fourth-order valence-corrected chi connectivity index (χ4v) is 6.15. The van der Waals surface area contributed by atoms with E-state index < -0.39 is 5.69 Å². The number of hydrogen-bond acceptors (Lipinski definition) is 6. The van der Waals surface area contributed by atoms with E-state index in [1.165, 1.54) is 27.4 Å². The minimum atomic E-state index is -0.513. The molecule has 10 heteroatoms. The normalized spacial score (nSPS) is 17.5. The van der Waals surface area contributed by atoms with Gasteiger partial charge in [-0.05, 0) is 30.4 Å². The molecular weight excluding hydrogens is 468 g/mol. The molecule has 1 N–H and O–H groups in total. The summed E-state index contributed by atoms with van der Waals surface area (Å²) in [4.78, 5) is 55.1. The molecule has 35 heavy (non-hydrogen) atoms. The lowest BCUT2D eigenvalue weighted by molar-refractivity contribution is -0.129. The fraction of sp³-hybridized carbons (Fsp3) is 0.440. The van der Waals surface area contributed by atoms with Crippen LogP contribution in [-0.4, -0.2) is 51.6 Å². The van der Waals surface area contributed by atoms with E-state index in [-0.39, 0.29) is 36.6 Å². The highest BCUT2D eigenvalue weighted by Crippen LogP contribution is 2.33. The van der Waals surface area contributed by atoms with Gasteiger partial charge in [-0.25, -0.2) is 4.79 Å². The summed E-state index contributed by atoms with van der Waals surface area (Å²) < 4.78 is 8.20. The van der Waals surface area contributed by atoms with Crippen molar-refractivity contribution < 1.29 is 14.3 Å². The zero-order valence-electron chi connectivity index (χ0n) is 19.6. The topological polar surface area (TPSA) is 103 Å². The molecule has 1 atom stereocenters. The van der Waals surface area contributed by atoms with Gasteiger partial charge in [0, 0.05) is 31.5 Å². The second-order valence-electron chi connectivity index (χ2n) is 9.06. The largest absolute Gasteiger partial charge is 0.376 e. The van der Waals surface area contributed by atoms with E-state index in [1.807, 2.05) is 30.3 Å². The number of nitrogens with one attached hydrogen (secondary N) is 1. The highest BCUT2D eigenvalue weighted by atomic mass is 32.1. The minimum Gasteiger partial charge on any atom is -0.376 e. The maximum atomic E-state index is 13.6. The predicted molar refractivity (Wildman–Crippen MR) is 133 cm³/mol. The predicted octanol–water partition coefficient (Wildman–Crippen LogP) is 1.47. The molecule has 1 aromatic carbocycles. The summed E-state index contributed by atoms with van der Waals surface area (Å²) >= 11 is 1.33. The van der Waals surface area contributed by atoms with Gasteiger partial charge in [0.05, 0.1) is 24.6 Å². The molecule has 2 aliphatic heterocycles. The summed E-state index contributed by atoms with van der Waals surface area (Å²) in [6.45, 7) is 3.48. The van der Waals surface area contributed by atoms with Crippen molar-refractivity contribution >= 4 is 33.4 Å². The van der Waals surface area contributed by atoms with Gasteiger partial charge in [0.1, 0.15) is 11.4 Å². The first-order chi connectivity index (χ1) is 16.9. The van der Waals surface area contributed by atoms with Gasteiger partial charge in [-0.1, -0.05) is 30.3 Å². The maximum Gasteiger partial charge on any atom is 0.332 e. The van der Waals surface area contributed by atoms with Crippen LogP contribution in [0.1, 0.15) is 35.8 Å². The summed E-state index contributed by atoms with van der Waals surface area (Å²) in [6.07, 6.45) is 2.41. The molecule has 2 amide bonds. The Morgan fingerprint density at radius 3 is 2.69 bits per heavy atom. The smallest absolute Gasteiger partial charge is 0.332 e. The molecule has 0 saturated carbocycles. The van der Waals surface area contributed by atoms with Crippen molar-refractivity contribution in [3.05, 3.63) is 67.2 Å². The molecule has 1 saturated heterocycles. The molecule has 2 aliphatic rings. The molecule has 0 aliphatic carbocycles. The number of nitrogens with zero attached hydrogens (tertiary/aromatic N) is 3. The van der Waals surface area contributed by atoms with Crippen LogP contribution in [0.3, 0.4) is 0 Å². The van der Waals surface area contributed by atoms with E-state index in [4.69, 9.17) is 4.74 Å². The van der Waals surface area contributed by atoms with Crippen LogP contribution in [0.2, 0.25) is 0 Å². The number of amides is 2. The van der Waals surface area contributed by atoms with Gasteiger partial charge in [0.25, 0.3) is 5.56 Å². The highest BCUT2D eigenvalue weighted by molar-refractivity contribution is 7.18. The third kappa shape index (κ3) is 4.68. The van der Waals surface area contributed by atoms with Crippen LogP contribution in [0, 0.1) is 0 Å². The molecule has 0 radical (unpaired) electrons. The Kier molecular flexibility index (Phi) is 6.57. The van der Waals surface area contributed by atoms with Crippen LogP contribution in [0.4, 0.5) is 0 Å². The van der Waals surface area contributed by atoms with Gasteiger partial charge in [0.2, 0.25) is 11.8 Å². The average molecular weight is 497 g/mol. The Balaban J connectivity index is 1.56. The number of ether oxygens (including phenoxy) is 1. The van der Waals surface area contributed by atoms with Gasteiger partial charge in [-0.15, -0.1) is 11.3 Å². The molecule has 0 spiro atoms. The van der Waals surface area contributed by atoms with Crippen molar-refractivity contribution in [1.82, 2.24) is 19.4 Å². The molecule has 0 bridgehead atoms. The number of rotatable bonds is 6. The van der Waals surface area contributed by atoms with E-state index in [1.54, 1.807) is 4.90 Å². The Hall–Kier alpha value is -3.24. The number of fused-ring (bicyclic) bond motifs is 3. The molecule has 1 fully saturated rings. The van der Waals surface area contributed by atoms with Crippen LogP contribution in [-0.2, 0) is 40.4 Å². The van der Waals surface area contributed by atoms with E-state index >= 15 is 0 Å². The third-order valence-corrected chi connectivity index (χ3v) is 7.93. The quantitative estimate of drug-likeness (QED) is 0.557. The first kappa shape index (κ1) is 23.5. The van der Waals surface area contributed by atoms with Crippen LogP contribution in [0.5, 0.6) is 0 Å². The lowest BCUT2D eigenvalue weighted by Gasteiger charge is -2.25. The summed E-state index contributed by atoms with van der Waals surface area (Å²) in [5, 5.41) is 3.36. The number of carbonyl (C=O) groups is 2. The molecule has 0 unspecified atom stereocenters. The first-order valence-electron chi connectivity index (χ1n) is 11.9. The zero-order chi connectivity index (χ0) is 24.5. The summed E-state index contributed by atoms with van der Waals surface area (Å²) in [6, 6.07) is 9.32. The number of aromatic nitrogens is 2. The molecule has 5 rings (SSSR count). The standard InChI is InChI=1S/C25H28N4O5S/c1-16(30)27-10-9-19-20(14-27)35-24-22(19)23(32)28(13-17-6-3-2-4-7-17)25(33)29(24)15-21(31)26-12-18-8-5-11-34-18/h2-4,6-7,18H,5,8-15H2,1H3,(H,26,31)/t18-/m1/s1. The monoisotopic (exact) mass is 496 g/mol. The van der Waals surface area contributed by atoms with Crippen LogP contribution < -0.4 is 16.6 Å². The zero-order valence-corrected chi connectivity index (χ0v) is 20.4. The molecule has 184 valence electrons. The van der Waals surface area contributed by atoms with Crippen LogP contribution >= 0.6 is 11.3 Å². The summed E-state index contributed by atoms with van der Waals surface area (Å²) in [7, 11) is 0. The van der Waals surface area contributed by atoms with Gasteiger partial charge >= 0.3 is 5.69 Å². The number of carbonyl (C=O) groups excluding carboxylic acids is 2. The van der Waals surface area contributed by atoms with Gasteiger partial charge < -0.3 is 15.0 Å². The van der Waals surface area contributed by atoms with Crippen molar-refractivity contribution in [2.45, 2.75) is 51.9 Å². The molecule has 4 heterocycles. The van der Waals surface area contributed by atoms with Crippen molar-refractivity contribution in [2.24, 2.45) is 0 Å². The van der Waals surface area contributed by atoms with Crippen molar-refractivity contribution in [3.8, 4) is 0 Å². The van der Waals surface area contributed by atoms with Crippen LogP contribution in [0.15, 0.2) is 39.9 Å². The Morgan fingerprint density at radius 1 is 1.17 bits per heavy atom. The lowest BCUT2D eigenvalue weighted by Crippen LogP contribution is -2.43. The van der Waals surface area contributed by atoms with E-state index in [9.17, 15) is 19.2 Å². The lowest BCUT2D eigenvalue weighted by atomic mass is 10.1. The third-order valence-electron chi connectivity index (χ3n) is 6.69. The van der Waals surface area contributed by atoms with Gasteiger partial charge in [-0.2, -0.15) is 0 Å². The van der Waals surface area contributed by atoms with Crippen LogP contribution in [0.25, 0.3) is 10.2 Å². The van der Waals surface area contributed by atoms with Gasteiger partial charge in [-0.3, -0.25) is 23.5 Å². The number of hydrogen-bond donors (Lipinski definition) is 1. The van der Waals surface area contributed by atoms with E-state index in [0.29, 0.717) is 42.9 Å². The number of benzene rings is 1. The highest BCUT2D eigenvalue weighted by Gasteiger charge is 2.28. The average Bonchev–Trinajstić information content (AvgIpc) is 3.51. The molecule has 2 aromatic heterocycles. The second kappa shape index (κ2) is 9.79. The van der Waals surface area contributed by atoms with Crippen molar-refractivity contribution in [1.29, 1.82) is 0 Å². The van der Waals surface area contributed by atoms with Gasteiger partial charge in [0.15, 0.2) is 0 Å². The number of thiophene rings is 1. The van der Waals surface area contributed by atoms with Crippen molar-refractivity contribution in [2.75, 3.05) is 19.7 Å². The van der Waals surface area contributed by atoms with E-state index in [0.717, 1.165) is 28.8 Å². The summed E-state index contributed by atoms with van der Waals surface area (Å²) in [5.41, 5.74) is 0.842. The minimum absolute atomic E-state index is 0.00524. The Labute approximate surface area is 205 Å². The summed E-state index contributed by atoms with van der Waals surface area (Å²) in [5.74, 6) is -0.328.